The Hall–Kier alpha value is -1.11. The van der Waals surface area contributed by atoms with E-state index in [-0.39, 0.29) is 0 Å². The molecule has 2 unspecified atom stereocenters. The molecule has 0 bridgehead atoms. The van der Waals surface area contributed by atoms with E-state index in [1.807, 2.05) is 6.20 Å². The van der Waals surface area contributed by atoms with Crippen molar-refractivity contribution >= 4 is 5.71 Å². The summed E-state index contributed by atoms with van der Waals surface area (Å²) in [6.45, 7) is 2.26. The quantitative estimate of drug-likeness (QED) is 0.628. The minimum Gasteiger partial charge on any atom is -0.265 e. The highest BCUT2D eigenvalue weighted by molar-refractivity contribution is 5.90. The minimum absolute atomic E-state index is 0.656. The third kappa shape index (κ3) is 2.15. The lowest BCUT2D eigenvalue weighted by Gasteiger charge is -2.36. The lowest BCUT2D eigenvalue weighted by Crippen LogP contribution is -2.27. The normalized spacial score (nSPS) is 32.4. The summed E-state index contributed by atoms with van der Waals surface area (Å²) in [6, 6.07) is 0. The number of hydrogen-bond donors (Lipinski definition) is 0. The number of aliphatic imine (C=N–C) groups is 1. The summed E-state index contributed by atoms with van der Waals surface area (Å²) in [5.74, 6) is 1.47. The summed E-state index contributed by atoms with van der Waals surface area (Å²) in [6.07, 6.45) is 16.6. The molecule has 0 saturated heterocycles. The lowest BCUT2D eigenvalue weighted by molar-refractivity contribution is 0.408. The second-order valence-corrected chi connectivity index (χ2v) is 5.61. The molecule has 0 aromatic heterocycles. The summed E-state index contributed by atoms with van der Waals surface area (Å²) >= 11 is 0. The predicted octanol–water partition coefficient (Wildman–Crippen LogP) is 4.43. The van der Waals surface area contributed by atoms with E-state index >= 15 is 0 Å². The van der Waals surface area contributed by atoms with Crippen molar-refractivity contribution in [2.45, 2.75) is 45.4 Å². The summed E-state index contributed by atoms with van der Waals surface area (Å²) in [7, 11) is 0. The summed E-state index contributed by atoms with van der Waals surface area (Å²) in [4.78, 5) is 4.64. The molecule has 1 saturated carbocycles. The Balaban J connectivity index is 1.89. The van der Waals surface area contributed by atoms with Crippen LogP contribution in [0.15, 0.2) is 40.6 Å². The van der Waals surface area contributed by atoms with E-state index in [1.54, 1.807) is 11.1 Å². The monoisotopic (exact) mass is 227 g/mol. The molecule has 90 valence electrons. The highest BCUT2D eigenvalue weighted by Gasteiger charge is 2.31. The van der Waals surface area contributed by atoms with Gasteiger partial charge in [0.15, 0.2) is 0 Å². The fourth-order valence-electron chi connectivity index (χ4n) is 3.50. The SMILES string of the molecule is CC1=CC=C2C(CCCC2C2=NC=CCC2)C1. The zero-order chi connectivity index (χ0) is 11.7. The second kappa shape index (κ2) is 4.64. The third-order valence-corrected chi connectivity index (χ3v) is 4.36. The molecular weight excluding hydrogens is 206 g/mol. The number of allylic oxidation sites excluding steroid dienone is 5. The second-order valence-electron chi connectivity index (χ2n) is 5.61. The van der Waals surface area contributed by atoms with Crippen molar-refractivity contribution in [2.24, 2.45) is 16.8 Å². The standard InChI is InChI=1S/C16H21N/c1-12-8-9-14-13(11-12)5-4-6-15(14)16-7-2-3-10-17-16/h3,8-10,13,15H,2,4-7,11H2,1H3. The molecule has 3 aliphatic rings. The Morgan fingerprint density at radius 1 is 1.24 bits per heavy atom. The van der Waals surface area contributed by atoms with Crippen LogP contribution in [0.25, 0.3) is 0 Å². The van der Waals surface area contributed by atoms with Crippen molar-refractivity contribution in [3.63, 3.8) is 0 Å². The van der Waals surface area contributed by atoms with E-state index in [2.05, 4.69) is 30.1 Å². The Kier molecular flexibility index (Phi) is 3.00. The summed E-state index contributed by atoms with van der Waals surface area (Å²) in [5, 5.41) is 0. The van der Waals surface area contributed by atoms with Crippen LogP contribution in [0.4, 0.5) is 0 Å². The van der Waals surface area contributed by atoms with Gasteiger partial charge in [0.25, 0.3) is 0 Å². The van der Waals surface area contributed by atoms with Crippen molar-refractivity contribution in [3.8, 4) is 0 Å². The van der Waals surface area contributed by atoms with Crippen molar-refractivity contribution in [3.05, 3.63) is 35.6 Å². The van der Waals surface area contributed by atoms with E-state index in [9.17, 15) is 0 Å². The van der Waals surface area contributed by atoms with Gasteiger partial charge in [-0.25, -0.2) is 0 Å². The van der Waals surface area contributed by atoms with Crippen molar-refractivity contribution in [1.82, 2.24) is 0 Å². The number of nitrogens with zero attached hydrogens (tertiary/aromatic N) is 1. The lowest BCUT2D eigenvalue weighted by atomic mass is 9.70. The van der Waals surface area contributed by atoms with E-state index in [4.69, 9.17) is 0 Å². The first-order valence-electron chi connectivity index (χ1n) is 6.93. The molecule has 0 radical (unpaired) electrons. The molecule has 1 heterocycles. The first-order chi connectivity index (χ1) is 8.34. The smallest absolute Gasteiger partial charge is 0.0253 e. The highest BCUT2D eigenvalue weighted by atomic mass is 14.7. The Bertz CT molecular complexity index is 423. The van der Waals surface area contributed by atoms with Gasteiger partial charge in [-0.3, -0.25) is 4.99 Å². The van der Waals surface area contributed by atoms with E-state index in [0.717, 1.165) is 5.92 Å². The van der Waals surface area contributed by atoms with Gasteiger partial charge in [0.05, 0.1) is 0 Å². The minimum atomic E-state index is 0.656. The molecule has 2 aliphatic carbocycles. The zero-order valence-corrected chi connectivity index (χ0v) is 10.7. The molecule has 0 amide bonds. The van der Waals surface area contributed by atoms with Crippen LogP contribution in [0.2, 0.25) is 0 Å². The van der Waals surface area contributed by atoms with Crippen LogP contribution in [0.1, 0.15) is 45.4 Å². The van der Waals surface area contributed by atoms with E-state index < -0.39 is 0 Å². The Morgan fingerprint density at radius 2 is 2.18 bits per heavy atom. The molecule has 2 atom stereocenters. The molecule has 1 fully saturated rings. The van der Waals surface area contributed by atoms with Crippen LogP contribution in [-0.4, -0.2) is 5.71 Å². The largest absolute Gasteiger partial charge is 0.265 e. The van der Waals surface area contributed by atoms with Gasteiger partial charge in [-0.2, -0.15) is 0 Å². The molecule has 0 aromatic carbocycles. The van der Waals surface area contributed by atoms with E-state index in [0.29, 0.717) is 5.92 Å². The molecule has 1 nitrogen and oxygen atoms in total. The average Bonchev–Trinajstić information content (AvgIpc) is 2.39. The molecule has 3 rings (SSSR count). The fourth-order valence-corrected chi connectivity index (χ4v) is 3.50. The predicted molar refractivity (Wildman–Crippen MR) is 73.1 cm³/mol. The fraction of sp³-hybridized carbons (Fsp3) is 0.562. The van der Waals surface area contributed by atoms with Crippen molar-refractivity contribution in [1.29, 1.82) is 0 Å². The van der Waals surface area contributed by atoms with Gasteiger partial charge in [0, 0.05) is 17.8 Å². The number of fused-ring (bicyclic) bond motifs is 1. The zero-order valence-electron chi connectivity index (χ0n) is 10.7. The van der Waals surface area contributed by atoms with Gasteiger partial charge in [-0.15, -0.1) is 0 Å². The maximum atomic E-state index is 4.64. The molecule has 0 spiro atoms. The molecule has 0 N–H and O–H groups in total. The van der Waals surface area contributed by atoms with Gasteiger partial charge in [0.2, 0.25) is 0 Å². The van der Waals surface area contributed by atoms with Crippen LogP contribution in [0, 0.1) is 11.8 Å². The Morgan fingerprint density at radius 3 is 3.00 bits per heavy atom. The molecule has 1 aliphatic heterocycles. The number of rotatable bonds is 1. The van der Waals surface area contributed by atoms with Crippen molar-refractivity contribution < 1.29 is 0 Å². The van der Waals surface area contributed by atoms with Gasteiger partial charge in [0.1, 0.15) is 0 Å². The Labute approximate surface area is 104 Å². The van der Waals surface area contributed by atoms with Gasteiger partial charge in [-0.1, -0.05) is 35.8 Å². The summed E-state index contributed by atoms with van der Waals surface area (Å²) < 4.78 is 0. The van der Waals surface area contributed by atoms with Crippen molar-refractivity contribution in [2.75, 3.05) is 0 Å². The first kappa shape index (κ1) is 11.0. The van der Waals surface area contributed by atoms with E-state index in [1.165, 1.54) is 44.2 Å². The van der Waals surface area contributed by atoms with Crippen LogP contribution < -0.4 is 0 Å². The van der Waals surface area contributed by atoms with Gasteiger partial charge >= 0.3 is 0 Å². The van der Waals surface area contributed by atoms with Crippen LogP contribution in [0.5, 0.6) is 0 Å². The maximum Gasteiger partial charge on any atom is 0.0253 e. The van der Waals surface area contributed by atoms with Gasteiger partial charge < -0.3 is 0 Å². The van der Waals surface area contributed by atoms with Crippen LogP contribution in [0.3, 0.4) is 0 Å². The molecule has 1 heteroatoms. The van der Waals surface area contributed by atoms with Gasteiger partial charge in [-0.05, 0) is 44.9 Å². The maximum absolute atomic E-state index is 4.64. The van der Waals surface area contributed by atoms with Crippen LogP contribution >= 0.6 is 0 Å². The number of hydrogen-bond acceptors (Lipinski definition) is 1. The average molecular weight is 227 g/mol. The topological polar surface area (TPSA) is 12.4 Å². The molecule has 17 heavy (non-hydrogen) atoms. The molecule has 0 aromatic rings. The first-order valence-corrected chi connectivity index (χ1v) is 6.93. The molecular formula is C16H21N. The third-order valence-electron chi connectivity index (χ3n) is 4.36. The highest BCUT2D eigenvalue weighted by Crippen LogP contribution is 2.41. The summed E-state index contributed by atoms with van der Waals surface area (Å²) in [5.41, 5.74) is 4.66. The van der Waals surface area contributed by atoms with Crippen LogP contribution in [-0.2, 0) is 0 Å².